The summed E-state index contributed by atoms with van der Waals surface area (Å²) in [5, 5.41) is 10.1. The lowest BCUT2D eigenvalue weighted by atomic mass is 10.2. The normalized spacial score (nSPS) is 17.3. The molecule has 0 unspecified atom stereocenters. The number of hydrogen-bond acceptors (Lipinski definition) is 4. The quantitative estimate of drug-likeness (QED) is 0.856. The van der Waals surface area contributed by atoms with Crippen LogP contribution in [0, 0.1) is 0 Å². The van der Waals surface area contributed by atoms with Crippen molar-refractivity contribution in [2.75, 3.05) is 32.7 Å². The Bertz CT molecular complexity index is 659. The highest BCUT2D eigenvalue weighted by molar-refractivity contribution is 5.91. The van der Waals surface area contributed by atoms with E-state index in [1.165, 1.54) is 0 Å². The van der Waals surface area contributed by atoms with Crippen molar-refractivity contribution >= 4 is 12.0 Å². The molecule has 1 aromatic carbocycles. The lowest BCUT2D eigenvalue weighted by Crippen LogP contribution is -2.49. The largest absolute Gasteiger partial charge is 0.467 e. The van der Waals surface area contributed by atoms with E-state index < -0.39 is 6.10 Å². The van der Waals surface area contributed by atoms with Gasteiger partial charge >= 0.3 is 0 Å². The second-order valence-corrected chi connectivity index (χ2v) is 5.90. The third-order valence-corrected chi connectivity index (χ3v) is 4.20. The molecule has 1 saturated heterocycles. The number of piperazine rings is 1. The molecule has 1 amide bonds. The van der Waals surface area contributed by atoms with Crippen LogP contribution in [0.4, 0.5) is 0 Å². The van der Waals surface area contributed by atoms with E-state index in [0.29, 0.717) is 25.4 Å². The first-order valence-electron chi connectivity index (χ1n) is 8.18. The molecule has 0 spiro atoms. The number of carbonyl (C=O) groups excluding carboxylic acids is 1. The van der Waals surface area contributed by atoms with Gasteiger partial charge in [-0.1, -0.05) is 30.3 Å². The molecule has 2 heterocycles. The number of β-amino-alcohol motifs (C(OH)–C–C–N with tert-alkyl or cyclic N) is 1. The lowest BCUT2D eigenvalue weighted by Gasteiger charge is -2.34. The Morgan fingerprint density at radius 1 is 1.12 bits per heavy atom. The minimum atomic E-state index is -0.625. The maximum absolute atomic E-state index is 12.2. The molecule has 1 aliphatic rings. The topological polar surface area (TPSA) is 56.9 Å². The average molecular weight is 326 g/mol. The van der Waals surface area contributed by atoms with E-state index in [2.05, 4.69) is 4.90 Å². The molecule has 1 N–H and O–H groups in total. The van der Waals surface area contributed by atoms with Crippen LogP contribution in [-0.4, -0.2) is 53.5 Å². The lowest BCUT2D eigenvalue weighted by molar-refractivity contribution is -0.127. The van der Waals surface area contributed by atoms with Gasteiger partial charge in [-0.3, -0.25) is 9.69 Å². The Balaban J connectivity index is 1.46. The molecule has 1 atom stereocenters. The summed E-state index contributed by atoms with van der Waals surface area (Å²) in [5.41, 5.74) is 1.02. The molecule has 24 heavy (non-hydrogen) atoms. The molecule has 1 aromatic heterocycles. The number of amides is 1. The average Bonchev–Trinajstić information content (AvgIpc) is 3.16. The van der Waals surface area contributed by atoms with Crippen LogP contribution in [0.5, 0.6) is 0 Å². The molecule has 5 heteroatoms. The van der Waals surface area contributed by atoms with Crippen molar-refractivity contribution < 1.29 is 14.3 Å². The van der Waals surface area contributed by atoms with Crippen molar-refractivity contribution in [2.45, 2.75) is 6.10 Å². The van der Waals surface area contributed by atoms with Crippen LogP contribution in [0.25, 0.3) is 6.08 Å². The second-order valence-electron chi connectivity index (χ2n) is 5.90. The Morgan fingerprint density at radius 3 is 2.54 bits per heavy atom. The maximum atomic E-state index is 12.2. The summed E-state index contributed by atoms with van der Waals surface area (Å²) < 4.78 is 5.22. The maximum Gasteiger partial charge on any atom is 0.246 e. The van der Waals surface area contributed by atoms with Gasteiger partial charge in [0, 0.05) is 38.8 Å². The minimum absolute atomic E-state index is 0.0325. The van der Waals surface area contributed by atoms with Crippen LogP contribution in [0.3, 0.4) is 0 Å². The van der Waals surface area contributed by atoms with E-state index in [0.717, 1.165) is 18.7 Å². The predicted molar refractivity (Wildman–Crippen MR) is 92.2 cm³/mol. The van der Waals surface area contributed by atoms with Crippen molar-refractivity contribution in [3.05, 3.63) is 66.1 Å². The molecule has 2 aromatic rings. The number of carbonyl (C=O) groups is 1. The van der Waals surface area contributed by atoms with E-state index in [9.17, 15) is 9.90 Å². The van der Waals surface area contributed by atoms with Crippen LogP contribution in [-0.2, 0) is 4.79 Å². The second kappa shape index (κ2) is 7.95. The monoisotopic (exact) mass is 326 g/mol. The van der Waals surface area contributed by atoms with Gasteiger partial charge in [0.15, 0.2) is 0 Å². The van der Waals surface area contributed by atoms with E-state index in [4.69, 9.17) is 4.42 Å². The first kappa shape index (κ1) is 16.5. The van der Waals surface area contributed by atoms with Gasteiger partial charge in [0.05, 0.1) is 6.26 Å². The molecule has 0 aliphatic carbocycles. The third kappa shape index (κ3) is 4.34. The van der Waals surface area contributed by atoms with E-state index in [-0.39, 0.29) is 5.91 Å². The number of aliphatic hydroxyl groups is 1. The Kier molecular flexibility index (Phi) is 5.46. The molecule has 5 nitrogen and oxygen atoms in total. The van der Waals surface area contributed by atoms with E-state index in [1.807, 2.05) is 41.3 Å². The van der Waals surface area contributed by atoms with Gasteiger partial charge in [-0.2, -0.15) is 0 Å². The smallest absolute Gasteiger partial charge is 0.246 e. The van der Waals surface area contributed by atoms with Gasteiger partial charge in [-0.25, -0.2) is 0 Å². The fourth-order valence-corrected chi connectivity index (χ4v) is 2.80. The summed E-state index contributed by atoms with van der Waals surface area (Å²) in [4.78, 5) is 16.2. The fourth-order valence-electron chi connectivity index (χ4n) is 2.80. The van der Waals surface area contributed by atoms with Crippen LogP contribution < -0.4 is 0 Å². The highest BCUT2D eigenvalue weighted by atomic mass is 16.4. The summed E-state index contributed by atoms with van der Waals surface area (Å²) >= 11 is 0. The van der Waals surface area contributed by atoms with Crippen molar-refractivity contribution in [2.24, 2.45) is 0 Å². The van der Waals surface area contributed by atoms with Crippen LogP contribution in [0.15, 0.2) is 59.2 Å². The molecule has 1 fully saturated rings. The van der Waals surface area contributed by atoms with Gasteiger partial charge in [0.25, 0.3) is 0 Å². The van der Waals surface area contributed by atoms with Crippen molar-refractivity contribution in [1.82, 2.24) is 9.80 Å². The van der Waals surface area contributed by atoms with Gasteiger partial charge in [-0.05, 0) is 23.8 Å². The number of furan rings is 1. The number of nitrogens with zero attached hydrogens (tertiary/aromatic N) is 2. The zero-order valence-corrected chi connectivity index (χ0v) is 13.5. The van der Waals surface area contributed by atoms with Gasteiger partial charge in [0.2, 0.25) is 5.91 Å². The van der Waals surface area contributed by atoms with Crippen molar-refractivity contribution in [3.63, 3.8) is 0 Å². The molecule has 1 aliphatic heterocycles. The summed E-state index contributed by atoms with van der Waals surface area (Å²) in [7, 11) is 0. The Labute approximate surface area is 141 Å². The molecule has 126 valence electrons. The zero-order valence-electron chi connectivity index (χ0n) is 13.5. The summed E-state index contributed by atoms with van der Waals surface area (Å²) in [6.45, 7) is 3.37. The molecule has 0 bridgehead atoms. The van der Waals surface area contributed by atoms with Crippen molar-refractivity contribution in [1.29, 1.82) is 0 Å². The number of hydrogen-bond donors (Lipinski definition) is 1. The highest BCUT2D eigenvalue weighted by Crippen LogP contribution is 2.15. The van der Waals surface area contributed by atoms with Gasteiger partial charge < -0.3 is 14.4 Å². The highest BCUT2D eigenvalue weighted by Gasteiger charge is 2.22. The number of aliphatic hydroxyl groups excluding tert-OH is 1. The zero-order chi connectivity index (χ0) is 16.8. The van der Waals surface area contributed by atoms with Gasteiger partial charge in [-0.15, -0.1) is 0 Å². The number of rotatable bonds is 5. The molecule has 0 saturated carbocycles. The van der Waals surface area contributed by atoms with Crippen LogP contribution in [0.2, 0.25) is 0 Å². The Hall–Kier alpha value is -2.37. The molecular formula is C19H22N2O3. The Morgan fingerprint density at radius 2 is 1.88 bits per heavy atom. The molecule has 0 radical (unpaired) electrons. The summed E-state index contributed by atoms with van der Waals surface area (Å²) in [6.07, 6.45) is 4.41. The summed E-state index contributed by atoms with van der Waals surface area (Å²) in [6, 6.07) is 13.3. The van der Waals surface area contributed by atoms with E-state index in [1.54, 1.807) is 24.5 Å². The number of benzene rings is 1. The van der Waals surface area contributed by atoms with Crippen LogP contribution >= 0.6 is 0 Å². The first-order valence-corrected chi connectivity index (χ1v) is 8.18. The standard InChI is InChI=1S/C19H22N2O3/c22-17(18-7-4-14-24-18)15-20-10-12-21(13-11-20)19(23)9-8-16-5-2-1-3-6-16/h1-9,14,17,22H,10-13,15H2/b9-8+/t17-/m1/s1. The fraction of sp³-hybridized carbons (Fsp3) is 0.316. The van der Waals surface area contributed by atoms with Gasteiger partial charge in [0.1, 0.15) is 11.9 Å². The molecule has 3 rings (SSSR count). The minimum Gasteiger partial charge on any atom is -0.467 e. The SMILES string of the molecule is O=C(/C=C/c1ccccc1)N1CCN(C[C@@H](O)c2ccco2)CC1. The van der Waals surface area contributed by atoms with E-state index >= 15 is 0 Å². The molecular weight excluding hydrogens is 304 g/mol. The summed E-state index contributed by atoms with van der Waals surface area (Å²) in [5.74, 6) is 0.615. The predicted octanol–water partition coefficient (Wildman–Crippen LogP) is 2.17. The van der Waals surface area contributed by atoms with Crippen LogP contribution in [0.1, 0.15) is 17.4 Å². The van der Waals surface area contributed by atoms with Crippen molar-refractivity contribution in [3.8, 4) is 0 Å². The third-order valence-electron chi connectivity index (χ3n) is 4.20. The first-order chi connectivity index (χ1) is 11.7.